The van der Waals surface area contributed by atoms with Crippen LogP contribution in [0.25, 0.3) is 0 Å². The minimum absolute atomic E-state index is 0.0940. The highest BCUT2D eigenvalue weighted by molar-refractivity contribution is 5.08. The lowest BCUT2D eigenvalue weighted by Gasteiger charge is -2.08. The van der Waals surface area contributed by atoms with Crippen LogP contribution < -0.4 is 5.32 Å². The zero-order valence-electron chi connectivity index (χ0n) is 10.8. The third-order valence-corrected chi connectivity index (χ3v) is 2.53. The van der Waals surface area contributed by atoms with Gasteiger partial charge in [0.2, 0.25) is 5.89 Å². The monoisotopic (exact) mass is 251 g/mol. The van der Waals surface area contributed by atoms with Crippen molar-refractivity contribution in [3.05, 3.63) is 35.4 Å². The molecule has 1 atom stereocenters. The fraction of sp³-hybridized carbons (Fsp3) is 0.500. The molecule has 0 unspecified atom stereocenters. The van der Waals surface area contributed by atoms with Gasteiger partial charge in [-0.05, 0) is 26.0 Å². The largest absolute Gasteiger partial charge is 0.465 e. The van der Waals surface area contributed by atoms with Crippen molar-refractivity contribution in [2.75, 3.05) is 7.11 Å². The van der Waals surface area contributed by atoms with Gasteiger partial charge >= 0.3 is 0 Å². The molecule has 0 saturated heterocycles. The van der Waals surface area contributed by atoms with Crippen molar-refractivity contribution in [2.45, 2.75) is 33.0 Å². The van der Waals surface area contributed by atoms with Crippen molar-refractivity contribution >= 4 is 0 Å². The van der Waals surface area contributed by atoms with Gasteiger partial charge in [-0.2, -0.15) is 4.98 Å². The van der Waals surface area contributed by atoms with E-state index in [0.717, 1.165) is 11.5 Å². The topological polar surface area (TPSA) is 73.3 Å². The Labute approximate surface area is 105 Å². The number of nitrogens with zero attached hydrogens (tertiary/aromatic N) is 2. The predicted molar refractivity (Wildman–Crippen MR) is 63.7 cm³/mol. The van der Waals surface area contributed by atoms with E-state index in [0.29, 0.717) is 24.9 Å². The summed E-state index contributed by atoms with van der Waals surface area (Å²) in [6, 6.07) is 3.99. The Balaban J connectivity index is 1.86. The second-order valence-electron chi connectivity index (χ2n) is 4.09. The molecule has 0 spiro atoms. The van der Waals surface area contributed by atoms with Gasteiger partial charge in [-0.3, -0.25) is 5.32 Å². The maximum absolute atomic E-state index is 5.53. The number of methoxy groups -OCH3 is 1. The molecule has 0 fully saturated rings. The summed E-state index contributed by atoms with van der Waals surface area (Å²) >= 11 is 0. The van der Waals surface area contributed by atoms with Crippen molar-refractivity contribution in [2.24, 2.45) is 0 Å². The summed E-state index contributed by atoms with van der Waals surface area (Å²) in [5.74, 6) is 2.89. The molecule has 2 rings (SSSR count). The number of hydrogen-bond donors (Lipinski definition) is 1. The van der Waals surface area contributed by atoms with E-state index < -0.39 is 0 Å². The lowest BCUT2D eigenvalue weighted by molar-refractivity contribution is 0.174. The van der Waals surface area contributed by atoms with E-state index in [1.165, 1.54) is 0 Å². The summed E-state index contributed by atoms with van der Waals surface area (Å²) in [6.07, 6.45) is 0. The maximum Gasteiger partial charge on any atom is 0.240 e. The minimum Gasteiger partial charge on any atom is -0.465 e. The summed E-state index contributed by atoms with van der Waals surface area (Å²) in [6.45, 7) is 4.80. The van der Waals surface area contributed by atoms with Crippen molar-refractivity contribution in [1.29, 1.82) is 0 Å². The molecule has 2 aromatic rings. The lowest BCUT2D eigenvalue weighted by atomic mass is 10.2. The van der Waals surface area contributed by atoms with Crippen molar-refractivity contribution in [1.82, 2.24) is 15.5 Å². The highest BCUT2D eigenvalue weighted by Crippen LogP contribution is 2.15. The number of rotatable bonds is 6. The van der Waals surface area contributed by atoms with Crippen LogP contribution in [-0.2, 0) is 17.9 Å². The second kappa shape index (κ2) is 5.79. The average molecular weight is 251 g/mol. The molecule has 18 heavy (non-hydrogen) atoms. The number of furan rings is 1. The molecule has 6 nitrogen and oxygen atoms in total. The fourth-order valence-electron chi connectivity index (χ4n) is 1.58. The molecule has 0 radical (unpaired) electrons. The second-order valence-corrected chi connectivity index (χ2v) is 4.09. The molecule has 0 aliphatic heterocycles. The first-order valence-electron chi connectivity index (χ1n) is 5.79. The van der Waals surface area contributed by atoms with Gasteiger partial charge in [0, 0.05) is 7.11 Å². The van der Waals surface area contributed by atoms with E-state index in [2.05, 4.69) is 15.5 Å². The van der Waals surface area contributed by atoms with Crippen molar-refractivity contribution in [3.63, 3.8) is 0 Å². The van der Waals surface area contributed by atoms with Gasteiger partial charge in [0.25, 0.3) is 0 Å². The number of nitrogens with one attached hydrogen (secondary N) is 1. The van der Waals surface area contributed by atoms with Gasteiger partial charge in [-0.25, -0.2) is 0 Å². The molecule has 0 aromatic carbocycles. The first-order chi connectivity index (χ1) is 8.69. The minimum atomic E-state index is 0.0940. The molecular formula is C12H17N3O3. The van der Waals surface area contributed by atoms with Crippen LogP contribution in [0, 0.1) is 6.92 Å². The van der Waals surface area contributed by atoms with Crippen LogP contribution in [0.5, 0.6) is 0 Å². The molecule has 98 valence electrons. The quantitative estimate of drug-likeness (QED) is 0.846. The zero-order chi connectivity index (χ0) is 13.0. The average Bonchev–Trinajstić information content (AvgIpc) is 2.96. The van der Waals surface area contributed by atoms with Crippen molar-refractivity contribution in [3.8, 4) is 0 Å². The molecule has 2 heterocycles. The van der Waals surface area contributed by atoms with Gasteiger partial charge in [-0.1, -0.05) is 5.16 Å². The van der Waals surface area contributed by atoms with E-state index in [1.54, 1.807) is 7.11 Å². The van der Waals surface area contributed by atoms with Crippen LogP contribution in [0.2, 0.25) is 0 Å². The molecular weight excluding hydrogens is 234 g/mol. The summed E-state index contributed by atoms with van der Waals surface area (Å²) in [4.78, 5) is 4.17. The standard InChI is InChI=1S/C12H17N3O3/c1-8-4-5-10(17-8)9(2)13-6-12-14-11(7-16-3)15-18-12/h4-5,9,13H,6-7H2,1-3H3/t9-/m1/s1. The van der Waals surface area contributed by atoms with Gasteiger partial charge in [0.1, 0.15) is 18.1 Å². The number of aryl methyl sites for hydroxylation is 1. The Hall–Kier alpha value is -1.66. The Morgan fingerprint density at radius 3 is 2.94 bits per heavy atom. The van der Waals surface area contributed by atoms with E-state index in [-0.39, 0.29) is 6.04 Å². The first-order valence-corrected chi connectivity index (χ1v) is 5.79. The zero-order valence-corrected chi connectivity index (χ0v) is 10.8. The van der Waals surface area contributed by atoms with Gasteiger partial charge in [-0.15, -0.1) is 0 Å². The third-order valence-electron chi connectivity index (χ3n) is 2.53. The van der Waals surface area contributed by atoms with E-state index in [1.807, 2.05) is 26.0 Å². The number of hydrogen-bond acceptors (Lipinski definition) is 6. The van der Waals surface area contributed by atoms with Gasteiger partial charge in [0.05, 0.1) is 12.6 Å². The van der Waals surface area contributed by atoms with Crippen LogP contribution in [0.4, 0.5) is 0 Å². The van der Waals surface area contributed by atoms with Crippen LogP contribution in [0.15, 0.2) is 21.1 Å². The molecule has 0 amide bonds. The Bertz CT molecular complexity index is 492. The Kier molecular flexibility index (Phi) is 4.11. The Morgan fingerprint density at radius 1 is 1.44 bits per heavy atom. The van der Waals surface area contributed by atoms with Crippen LogP contribution in [0.1, 0.15) is 36.2 Å². The molecule has 0 aliphatic carbocycles. The summed E-state index contributed by atoms with van der Waals surface area (Å²) in [7, 11) is 1.59. The molecule has 0 saturated carbocycles. The maximum atomic E-state index is 5.53. The number of aromatic nitrogens is 2. The van der Waals surface area contributed by atoms with Crippen LogP contribution >= 0.6 is 0 Å². The highest BCUT2D eigenvalue weighted by atomic mass is 16.5. The summed E-state index contributed by atoms with van der Waals surface area (Å²) in [5.41, 5.74) is 0. The highest BCUT2D eigenvalue weighted by Gasteiger charge is 2.11. The van der Waals surface area contributed by atoms with Crippen LogP contribution in [-0.4, -0.2) is 17.3 Å². The van der Waals surface area contributed by atoms with Gasteiger partial charge < -0.3 is 13.7 Å². The first kappa shape index (κ1) is 12.8. The predicted octanol–water partition coefficient (Wildman–Crippen LogP) is 1.97. The van der Waals surface area contributed by atoms with E-state index in [4.69, 9.17) is 13.7 Å². The van der Waals surface area contributed by atoms with E-state index in [9.17, 15) is 0 Å². The molecule has 0 aliphatic rings. The lowest BCUT2D eigenvalue weighted by Crippen LogP contribution is -2.17. The fourth-order valence-corrected chi connectivity index (χ4v) is 1.58. The number of ether oxygens (including phenoxy) is 1. The molecule has 6 heteroatoms. The van der Waals surface area contributed by atoms with Crippen molar-refractivity contribution < 1.29 is 13.7 Å². The molecule has 1 N–H and O–H groups in total. The normalized spacial score (nSPS) is 12.8. The molecule has 2 aromatic heterocycles. The van der Waals surface area contributed by atoms with Crippen LogP contribution in [0.3, 0.4) is 0 Å². The summed E-state index contributed by atoms with van der Waals surface area (Å²) in [5, 5.41) is 7.04. The SMILES string of the molecule is COCc1noc(CN[C@H](C)c2ccc(C)o2)n1. The Morgan fingerprint density at radius 2 is 2.28 bits per heavy atom. The van der Waals surface area contributed by atoms with E-state index >= 15 is 0 Å². The van der Waals surface area contributed by atoms with Gasteiger partial charge in [0.15, 0.2) is 5.82 Å². The molecule has 0 bridgehead atoms. The summed E-state index contributed by atoms with van der Waals surface area (Å²) < 4.78 is 15.5. The smallest absolute Gasteiger partial charge is 0.240 e. The third kappa shape index (κ3) is 3.18.